The summed E-state index contributed by atoms with van der Waals surface area (Å²) in [6, 6.07) is 17.3. The second-order valence-corrected chi connectivity index (χ2v) is 8.82. The number of hydrogen-bond donors (Lipinski definition) is 1. The van der Waals surface area contributed by atoms with Crippen molar-refractivity contribution in [2.24, 2.45) is 0 Å². The third-order valence-electron chi connectivity index (χ3n) is 4.99. The van der Waals surface area contributed by atoms with E-state index in [-0.39, 0.29) is 18.8 Å². The van der Waals surface area contributed by atoms with Crippen LogP contribution in [-0.4, -0.2) is 44.8 Å². The van der Waals surface area contributed by atoms with Crippen LogP contribution in [0.2, 0.25) is 5.02 Å². The number of amides is 3. The van der Waals surface area contributed by atoms with Gasteiger partial charge in [0.2, 0.25) is 5.43 Å². The average molecular weight is 495 g/mol. The Hall–Kier alpha value is -3.69. The molecule has 0 saturated carbocycles. The molecule has 2 heterocycles. The van der Waals surface area contributed by atoms with Crippen LogP contribution in [0.1, 0.15) is 21.7 Å². The predicted molar refractivity (Wildman–Crippen MR) is 131 cm³/mol. The lowest BCUT2D eigenvalue weighted by Gasteiger charge is -2.14. The number of carbonyl (C=O) groups excluding carboxylic acids is 3. The first-order chi connectivity index (χ1) is 16.3. The van der Waals surface area contributed by atoms with Crippen molar-refractivity contribution in [1.29, 1.82) is 0 Å². The molecule has 1 aliphatic rings. The highest BCUT2D eigenvalue weighted by Crippen LogP contribution is 2.31. The first-order valence-electron chi connectivity index (χ1n) is 10.3. The Morgan fingerprint density at radius 1 is 1.09 bits per heavy atom. The first kappa shape index (κ1) is 23.5. The highest BCUT2D eigenvalue weighted by Gasteiger charge is 2.34. The molecule has 1 aliphatic heterocycles. The lowest BCUT2D eigenvalue weighted by molar-refractivity contribution is -0.122. The van der Waals surface area contributed by atoms with Gasteiger partial charge in [-0.2, -0.15) is 5.10 Å². The number of nitrogens with one attached hydrogen (secondary N) is 1. The van der Waals surface area contributed by atoms with Crippen LogP contribution in [0, 0.1) is 6.92 Å². The Morgan fingerprint density at radius 2 is 1.79 bits per heavy atom. The summed E-state index contributed by atoms with van der Waals surface area (Å²) in [5, 5.41) is 6.90. The summed E-state index contributed by atoms with van der Waals surface area (Å²) < 4.78 is 1.47. The summed E-state index contributed by atoms with van der Waals surface area (Å²) in [4.78, 5) is 51.3. The van der Waals surface area contributed by atoms with Crippen molar-refractivity contribution in [2.75, 3.05) is 13.1 Å². The Bertz CT molecular complexity index is 1350. The first-order valence-corrected chi connectivity index (χ1v) is 11.5. The van der Waals surface area contributed by atoms with E-state index < -0.39 is 22.5 Å². The lowest BCUT2D eigenvalue weighted by atomic mass is 10.2. The maximum Gasteiger partial charge on any atom is 0.293 e. The summed E-state index contributed by atoms with van der Waals surface area (Å²) in [5.74, 6) is -1.12. The molecule has 0 aliphatic carbocycles. The molecule has 3 aromatic rings. The van der Waals surface area contributed by atoms with Crippen LogP contribution >= 0.6 is 23.4 Å². The largest absolute Gasteiger partial charge is 0.349 e. The molecule has 0 atom stereocenters. The molecule has 1 fully saturated rings. The number of halogens is 1. The van der Waals surface area contributed by atoms with Crippen molar-refractivity contribution >= 4 is 46.5 Å². The maximum absolute atomic E-state index is 12.6. The van der Waals surface area contributed by atoms with E-state index in [2.05, 4.69) is 10.4 Å². The van der Waals surface area contributed by atoms with Crippen molar-refractivity contribution in [2.45, 2.75) is 6.92 Å². The molecule has 10 heteroatoms. The Kier molecular flexibility index (Phi) is 6.95. The lowest BCUT2D eigenvalue weighted by Crippen LogP contribution is -2.39. The molecule has 0 bridgehead atoms. The van der Waals surface area contributed by atoms with Gasteiger partial charge in [0.1, 0.15) is 0 Å². The molecule has 172 valence electrons. The topological polar surface area (TPSA) is 101 Å². The van der Waals surface area contributed by atoms with Crippen LogP contribution in [0.25, 0.3) is 11.8 Å². The minimum Gasteiger partial charge on any atom is -0.349 e. The summed E-state index contributed by atoms with van der Waals surface area (Å²) in [6.07, 6.45) is 1.65. The predicted octanol–water partition coefficient (Wildman–Crippen LogP) is 3.66. The van der Waals surface area contributed by atoms with E-state index in [9.17, 15) is 19.2 Å². The van der Waals surface area contributed by atoms with Crippen molar-refractivity contribution in [1.82, 2.24) is 20.0 Å². The fourth-order valence-electron chi connectivity index (χ4n) is 3.31. The highest BCUT2D eigenvalue weighted by molar-refractivity contribution is 8.18. The number of imide groups is 1. The zero-order valence-corrected chi connectivity index (χ0v) is 19.6. The third-order valence-corrected chi connectivity index (χ3v) is 6.14. The van der Waals surface area contributed by atoms with E-state index in [1.165, 1.54) is 10.7 Å². The molecule has 0 spiro atoms. The zero-order chi connectivity index (χ0) is 24.2. The highest BCUT2D eigenvalue weighted by atomic mass is 35.5. The number of benzene rings is 2. The molecule has 0 radical (unpaired) electrons. The molecule has 34 heavy (non-hydrogen) atoms. The average Bonchev–Trinajstić information content (AvgIpc) is 3.08. The normalized spacial score (nSPS) is 14.6. The number of thioether (sulfide) groups is 1. The Labute approximate surface area is 204 Å². The SMILES string of the molecule is Cc1cc(=O)c(C(=O)NCCN2C(=O)S/C(=C\c3ccccc3)C2=O)nn1-c1ccc(Cl)cc1. The quantitative estimate of drug-likeness (QED) is 0.525. The number of nitrogens with zero attached hydrogens (tertiary/aromatic N) is 3. The second-order valence-electron chi connectivity index (χ2n) is 7.39. The Morgan fingerprint density at radius 3 is 2.50 bits per heavy atom. The van der Waals surface area contributed by atoms with Crippen LogP contribution in [0.15, 0.2) is 70.4 Å². The van der Waals surface area contributed by atoms with Gasteiger partial charge in [-0.3, -0.25) is 24.1 Å². The number of aromatic nitrogens is 2. The minimum atomic E-state index is -0.695. The van der Waals surface area contributed by atoms with Gasteiger partial charge in [0.05, 0.1) is 10.6 Å². The molecular formula is C24H19ClN4O4S. The van der Waals surface area contributed by atoms with Gasteiger partial charge in [0, 0.05) is 29.9 Å². The van der Waals surface area contributed by atoms with Crippen LogP contribution in [0.4, 0.5) is 4.79 Å². The fraction of sp³-hybridized carbons (Fsp3) is 0.125. The van der Waals surface area contributed by atoms with E-state index in [4.69, 9.17) is 11.6 Å². The molecule has 0 unspecified atom stereocenters. The van der Waals surface area contributed by atoms with E-state index in [0.29, 0.717) is 21.3 Å². The van der Waals surface area contributed by atoms with Gasteiger partial charge in [-0.15, -0.1) is 0 Å². The van der Waals surface area contributed by atoms with Crippen LogP contribution < -0.4 is 10.7 Å². The van der Waals surface area contributed by atoms with Gasteiger partial charge < -0.3 is 5.32 Å². The standard InChI is InChI=1S/C24H19ClN4O4S/c1-15-13-19(30)21(27-29(15)18-9-7-17(25)8-10-18)22(31)26-11-12-28-23(32)20(34-24(28)33)14-16-5-3-2-4-6-16/h2-10,13-14H,11-12H2,1H3,(H,26,31)/b20-14-. The smallest absolute Gasteiger partial charge is 0.293 e. The summed E-state index contributed by atoms with van der Waals surface area (Å²) in [6.45, 7) is 1.65. The molecule has 8 nitrogen and oxygen atoms in total. The molecule has 1 aromatic heterocycles. The number of rotatable bonds is 6. The molecule has 2 aromatic carbocycles. The van der Waals surface area contributed by atoms with E-state index >= 15 is 0 Å². The molecular weight excluding hydrogens is 476 g/mol. The zero-order valence-electron chi connectivity index (χ0n) is 18.0. The van der Waals surface area contributed by atoms with Crippen molar-refractivity contribution in [3.05, 3.63) is 97.8 Å². The third kappa shape index (κ3) is 5.11. The van der Waals surface area contributed by atoms with Gasteiger partial charge in [-0.1, -0.05) is 41.9 Å². The Balaban J connectivity index is 1.43. The van der Waals surface area contributed by atoms with Crippen LogP contribution in [0.3, 0.4) is 0 Å². The molecule has 1 saturated heterocycles. The summed E-state index contributed by atoms with van der Waals surface area (Å²) >= 11 is 6.77. The van der Waals surface area contributed by atoms with Crippen molar-refractivity contribution < 1.29 is 14.4 Å². The van der Waals surface area contributed by atoms with E-state index in [1.807, 2.05) is 30.3 Å². The number of carbonyl (C=O) groups is 3. The molecule has 1 N–H and O–H groups in total. The van der Waals surface area contributed by atoms with Gasteiger partial charge in [0.15, 0.2) is 5.69 Å². The molecule has 4 rings (SSSR count). The number of hydrogen-bond acceptors (Lipinski definition) is 6. The maximum atomic E-state index is 12.6. The second kappa shape index (κ2) is 10.1. The monoisotopic (exact) mass is 494 g/mol. The number of aryl methyl sites for hydroxylation is 1. The van der Waals surface area contributed by atoms with Gasteiger partial charge in [-0.25, -0.2) is 4.68 Å². The minimum absolute atomic E-state index is 0.0224. The van der Waals surface area contributed by atoms with Gasteiger partial charge >= 0.3 is 0 Å². The van der Waals surface area contributed by atoms with Gasteiger partial charge in [0.25, 0.3) is 17.1 Å². The van der Waals surface area contributed by atoms with Crippen LogP contribution in [-0.2, 0) is 4.79 Å². The summed E-state index contributed by atoms with van der Waals surface area (Å²) in [5.41, 5.74) is 1.17. The van der Waals surface area contributed by atoms with Crippen molar-refractivity contribution in [3.8, 4) is 5.69 Å². The molecule has 3 amide bonds. The van der Waals surface area contributed by atoms with E-state index in [1.54, 1.807) is 37.3 Å². The van der Waals surface area contributed by atoms with Gasteiger partial charge in [-0.05, 0) is 54.6 Å². The van der Waals surface area contributed by atoms with Crippen LogP contribution in [0.5, 0.6) is 0 Å². The summed E-state index contributed by atoms with van der Waals surface area (Å²) in [7, 11) is 0. The van der Waals surface area contributed by atoms with Crippen molar-refractivity contribution in [3.63, 3.8) is 0 Å². The van der Waals surface area contributed by atoms with E-state index in [0.717, 1.165) is 22.2 Å². The fourth-order valence-corrected chi connectivity index (χ4v) is 4.30.